The van der Waals surface area contributed by atoms with Gasteiger partial charge in [0.25, 0.3) is 0 Å². The molecule has 118 valence electrons. The third kappa shape index (κ3) is 3.35. The van der Waals surface area contributed by atoms with Crippen LogP contribution in [0.2, 0.25) is 0 Å². The molecule has 2 aliphatic rings. The summed E-state index contributed by atoms with van der Waals surface area (Å²) in [4.78, 5) is 2.59. The number of hydrogen-bond donors (Lipinski definition) is 1. The first-order valence-electron chi connectivity index (χ1n) is 8.35. The summed E-state index contributed by atoms with van der Waals surface area (Å²) < 4.78 is 3.26. The smallest absolute Gasteiger partial charge is 0.0767 e. The highest BCUT2D eigenvalue weighted by atomic mass is 79.9. The Labute approximate surface area is 136 Å². The van der Waals surface area contributed by atoms with Gasteiger partial charge in [-0.25, -0.2) is 0 Å². The number of nitrogens with one attached hydrogen (secondary N) is 1. The van der Waals surface area contributed by atoms with E-state index in [-0.39, 0.29) is 0 Å². The first-order valence-corrected chi connectivity index (χ1v) is 9.14. The molecule has 0 aromatic carbocycles. The lowest BCUT2D eigenvalue weighted by Gasteiger charge is -2.34. The van der Waals surface area contributed by atoms with Crippen molar-refractivity contribution in [1.82, 2.24) is 20.0 Å². The molecule has 1 aromatic rings. The first kappa shape index (κ1) is 15.5. The number of likely N-dealkylation sites (tertiary alicyclic amines) is 1. The Bertz CT molecular complexity index is 471. The summed E-state index contributed by atoms with van der Waals surface area (Å²) >= 11 is 3.73. The molecule has 3 rings (SSSR count). The molecule has 1 unspecified atom stereocenters. The minimum Gasteiger partial charge on any atom is -0.314 e. The fourth-order valence-corrected chi connectivity index (χ4v) is 4.57. The maximum Gasteiger partial charge on any atom is 0.0767 e. The van der Waals surface area contributed by atoms with Crippen molar-refractivity contribution in [3.8, 4) is 0 Å². The molecule has 0 radical (unpaired) electrons. The van der Waals surface area contributed by atoms with Crippen LogP contribution in [0.25, 0.3) is 0 Å². The van der Waals surface area contributed by atoms with Crippen LogP contribution >= 0.6 is 15.9 Å². The van der Waals surface area contributed by atoms with Crippen molar-refractivity contribution in [2.45, 2.75) is 51.6 Å². The second kappa shape index (κ2) is 6.80. The molecule has 2 aliphatic heterocycles. The Morgan fingerprint density at radius 2 is 2.05 bits per heavy atom. The van der Waals surface area contributed by atoms with Gasteiger partial charge in [-0.15, -0.1) is 0 Å². The predicted octanol–water partition coefficient (Wildman–Crippen LogP) is 2.71. The van der Waals surface area contributed by atoms with E-state index in [0.717, 1.165) is 24.9 Å². The third-order valence-corrected chi connectivity index (χ3v) is 6.09. The summed E-state index contributed by atoms with van der Waals surface area (Å²) in [6.45, 7) is 6.86. The molecule has 0 aliphatic carbocycles. The van der Waals surface area contributed by atoms with E-state index in [2.05, 4.69) is 45.2 Å². The lowest BCUT2D eigenvalue weighted by molar-refractivity contribution is 0.154. The van der Waals surface area contributed by atoms with Crippen molar-refractivity contribution in [2.24, 2.45) is 13.0 Å². The van der Waals surface area contributed by atoms with Gasteiger partial charge in [0.1, 0.15) is 0 Å². The SMILES string of the molecule is CCc1nn(C)c(CN2CCC(C3CCCN3)CC2)c1Br. The minimum atomic E-state index is 0.794. The third-order valence-electron chi connectivity index (χ3n) is 5.18. The highest BCUT2D eigenvalue weighted by Crippen LogP contribution is 2.28. The van der Waals surface area contributed by atoms with E-state index in [1.54, 1.807) is 0 Å². The van der Waals surface area contributed by atoms with Crippen LogP contribution in [-0.4, -0.2) is 40.4 Å². The quantitative estimate of drug-likeness (QED) is 0.902. The molecule has 0 amide bonds. The summed E-state index contributed by atoms with van der Waals surface area (Å²) in [6, 6.07) is 0.794. The zero-order valence-corrected chi connectivity index (χ0v) is 14.8. The second-order valence-corrected chi connectivity index (χ2v) is 7.29. The average molecular weight is 355 g/mol. The largest absolute Gasteiger partial charge is 0.314 e. The molecule has 1 aromatic heterocycles. The number of nitrogens with zero attached hydrogens (tertiary/aromatic N) is 3. The Kier molecular flexibility index (Phi) is 5.02. The first-order chi connectivity index (χ1) is 10.2. The fourth-order valence-electron chi connectivity index (χ4n) is 3.83. The molecule has 2 fully saturated rings. The maximum absolute atomic E-state index is 4.61. The lowest BCUT2D eigenvalue weighted by Crippen LogP contribution is -2.40. The van der Waals surface area contributed by atoms with Crippen molar-refractivity contribution in [1.29, 1.82) is 0 Å². The number of hydrogen-bond acceptors (Lipinski definition) is 3. The molecular weight excluding hydrogens is 328 g/mol. The van der Waals surface area contributed by atoms with Gasteiger partial charge in [-0.1, -0.05) is 6.92 Å². The number of aromatic nitrogens is 2. The van der Waals surface area contributed by atoms with Gasteiger partial charge in [-0.05, 0) is 73.6 Å². The molecule has 4 nitrogen and oxygen atoms in total. The van der Waals surface area contributed by atoms with E-state index >= 15 is 0 Å². The average Bonchev–Trinajstić information content (AvgIpc) is 3.12. The molecule has 3 heterocycles. The molecule has 21 heavy (non-hydrogen) atoms. The van der Waals surface area contributed by atoms with Crippen LogP contribution in [0.5, 0.6) is 0 Å². The Morgan fingerprint density at radius 1 is 1.29 bits per heavy atom. The van der Waals surface area contributed by atoms with Crippen LogP contribution in [-0.2, 0) is 20.0 Å². The van der Waals surface area contributed by atoms with Crippen LogP contribution in [0, 0.1) is 5.92 Å². The number of halogens is 1. The van der Waals surface area contributed by atoms with Gasteiger partial charge in [0.05, 0.1) is 15.9 Å². The van der Waals surface area contributed by atoms with Crippen molar-refractivity contribution in [2.75, 3.05) is 19.6 Å². The Hall–Kier alpha value is -0.390. The van der Waals surface area contributed by atoms with Crippen LogP contribution in [0.3, 0.4) is 0 Å². The molecule has 0 spiro atoms. The highest BCUT2D eigenvalue weighted by Gasteiger charge is 2.28. The van der Waals surface area contributed by atoms with Crippen molar-refractivity contribution < 1.29 is 0 Å². The summed E-state index contributed by atoms with van der Waals surface area (Å²) in [7, 11) is 2.06. The van der Waals surface area contributed by atoms with Gasteiger partial charge in [-0.2, -0.15) is 5.10 Å². The number of piperidine rings is 1. The van der Waals surface area contributed by atoms with Crippen LogP contribution in [0.15, 0.2) is 4.47 Å². The van der Waals surface area contributed by atoms with E-state index in [1.165, 1.54) is 61.2 Å². The standard InChI is InChI=1S/C16H27BrN4/c1-3-13-16(17)15(20(2)19-13)11-21-9-6-12(7-10-21)14-5-4-8-18-14/h12,14,18H,3-11H2,1-2H3. The monoisotopic (exact) mass is 354 g/mol. The number of aryl methyl sites for hydroxylation is 2. The molecule has 5 heteroatoms. The number of rotatable bonds is 4. The Balaban J connectivity index is 1.56. The van der Waals surface area contributed by atoms with Gasteiger partial charge >= 0.3 is 0 Å². The van der Waals surface area contributed by atoms with E-state index < -0.39 is 0 Å². The molecule has 0 saturated carbocycles. The fraction of sp³-hybridized carbons (Fsp3) is 0.812. The van der Waals surface area contributed by atoms with E-state index in [4.69, 9.17) is 0 Å². The zero-order chi connectivity index (χ0) is 14.8. The molecule has 0 bridgehead atoms. The van der Waals surface area contributed by atoms with Crippen LogP contribution in [0.4, 0.5) is 0 Å². The summed E-state index contributed by atoms with van der Waals surface area (Å²) in [5.41, 5.74) is 2.50. The second-order valence-electron chi connectivity index (χ2n) is 6.50. The van der Waals surface area contributed by atoms with Gasteiger partial charge in [0, 0.05) is 19.6 Å². The van der Waals surface area contributed by atoms with E-state index in [1.807, 2.05) is 4.68 Å². The summed E-state index contributed by atoms with van der Waals surface area (Å²) in [6.07, 6.45) is 6.43. The topological polar surface area (TPSA) is 33.1 Å². The Morgan fingerprint density at radius 3 is 2.62 bits per heavy atom. The van der Waals surface area contributed by atoms with Crippen molar-refractivity contribution >= 4 is 15.9 Å². The van der Waals surface area contributed by atoms with Gasteiger partial charge < -0.3 is 5.32 Å². The lowest BCUT2D eigenvalue weighted by atomic mass is 9.88. The predicted molar refractivity (Wildman–Crippen MR) is 89.3 cm³/mol. The highest BCUT2D eigenvalue weighted by molar-refractivity contribution is 9.10. The van der Waals surface area contributed by atoms with Crippen molar-refractivity contribution in [3.63, 3.8) is 0 Å². The minimum absolute atomic E-state index is 0.794. The van der Waals surface area contributed by atoms with Crippen LogP contribution < -0.4 is 5.32 Å². The molecule has 2 saturated heterocycles. The molecule has 1 N–H and O–H groups in total. The van der Waals surface area contributed by atoms with Gasteiger partial charge in [0.15, 0.2) is 0 Å². The van der Waals surface area contributed by atoms with E-state index in [9.17, 15) is 0 Å². The normalized spacial score (nSPS) is 24.8. The maximum atomic E-state index is 4.61. The van der Waals surface area contributed by atoms with Crippen LogP contribution in [0.1, 0.15) is 44.0 Å². The van der Waals surface area contributed by atoms with Gasteiger partial charge in [0.2, 0.25) is 0 Å². The molecule has 1 atom stereocenters. The summed E-state index contributed by atoms with van der Waals surface area (Å²) in [5.74, 6) is 0.893. The molecular formula is C16H27BrN4. The zero-order valence-electron chi connectivity index (χ0n) is 13.2. The summed E-state index contributed by atoms with van der Waals surface area (Å²) in [5, 5.41) is 8.29. The van der Waals surface area contributed by atoms with Crippen molar-refractivity contribution in [3.05, 3.63) is 15.9 Å². The van der Waals surface area contributed by atoms with Gasteiger partial charge in [-0.3, -0.25) is 9.58 Å². The van der Waals surface area contributed by atoms with E-state index in [0.29, 0.717) is 0 Å².